The van der Waals surface area contributed by atoms with Crippen molar-refractivity contribution in [3.8, 4) is 0 Å². The van der Waals surface area contributed by atoms with Gasteiger partial charge in [0, 0.05) is 28.9 Å². The molecule has 2 amide bonds. The van der Waals surface area contributed by atoms with Crippen LogP contribution in [0.2, 0.25) is 5.02 Å². The van der Waals surface area contributed by atoms with Gasteiger partial charge in [0.05, 0.1) is 11.6 Å². The fourth-order valence-electron chi connectivity index (χ4n) is 4.02. The average molecular weight is 475 g/mol. The molecule has 172 valence electrons. The zero-order chi connectivity index (χ0) is 24.4. The first kappa shape index (κ1) is 23.3. The number of aryl methyl sites for hydroxylation is 1. The molecule has 0 bridgehead atoms. The summed E-state index contributed by atoms with van der Waals surface area (Å²) in [5.74, 6) is -2.00. The van der Waals surface area contributed by atoms with Crippen molar-refractivity contribution in [2.24, 2.45) is 0 Å². The Balaban J connectivity index is 1.86. The van der Waals surface area contributed by atoms with Crippen molar-refractivity contribution in [2.75, 3.05) is 10.2 Å². The molecule has 6 nitrogen and oxygen atoms in total. The lowest BCUT2D eigenvalue weighted by atomic mass is 9.94. The highest BCUT2D eigenvalue weighted by molar-refractivity contribution is 6.51. The van der Waals surface area contributed by atoms with Crippen LogP contribution in [0.5, 0.6) is 0 Å². The molecule has 1 atom stereocenters. The number of carbonyl (C=O) groups is 3. The highest BCUT2D eigenvalue weighted by atomic mass is 35.5. The number of rotatable bonds is 5. The predicted octanol–water partition coefficient (Wildman–Crippen LogP) is 5.49. The van der Waals surface area contributed by atoms with E-state index in [1.165, 1.54) is 11.8 Å². The molecule has 1 fully saturated rings. The highest BCUT2D eigenvalue weighted by Crippen LogP contribution is 2.42. The van der Waals surface area contributed by atoms with Gasteiger partial charge in [0.1, 0.15) is 5.76 Å². The Bertz CT molecular complexity index is 1280. The lowest BCUT2D eigenvalue weighted by molar-refractivity contribution is -0.132. The summed E-state index contributed by atoms with van der Waals surface area (Å²) in [5.41, 5.74) is 3.23. The molecule has 0 saturated carbocycles. The van der Waals surface area contributed by atoms with Gasteiger partial charge in [-0.1, -0.05) is 42.8 Å². The Kier molecular flexibility index (Phi) is 6.52. The van der Waals surface area contributed by atoms with Gasteiger partial charge in [-0.25, -0.2) is 0 Å². The van der Waals surface area contributed by atoms with Gasteiger partial charge < -0.3 is 10.4 Å². The molecule has 0 radical (unpaired) electrons. The van der Waals surface area contributed by atoms with Crippen molar-refractivity contribution in [1.29, 1.82) is 0 Å². The number of halogens is 1. The Hall–Kier alpha value is -3.90. The van der Waals surface area contributed by atoms with Gasteiger partial charge >= 0.3 is 0 Å². The number of carbonyl (C=O) groups excluding carboxylic acids is 3. The van der Waals surface area contributed by atoms with Gasteiger partial charge in [0.2, 0.25) is 5.91 Å². The molecule has 1 unspecified atom stereocenters. The number of nitrogens with one attached hydrogen (secondary N) is 1. The normalized spacial score (nSPS) is 17.1. The Labute approximate surface area is 202 Å². The molecule has 34 heavy (non-hydrogen) atoms. The number of benzene rings is 3. The van der Waals surface area contributed by atoms with Crippen molar-refractivity contribution in [3.63, 3.8) is 0 Å². The van der Waals surface area contributed by atoms with Crippen LogP contribution in [-0.4, -0.2) is 22.7 Å². The lowest BCUT2D eigenvalue weighted by Gasteiger charge is -2.26. The zero-order valence-corrected chi connectivity index (χ0v) is 19.5. The summed E-state index contributed by atoms with van der Waals surface area (Å²) in [4.78, 5) is 39.1. The molecular weight excluding hydrogens is 452 g/mol. The van der Waals surface area contributed by atoms with Crippen LogP contribution in [0.1, 0.15) is 36.6 Å². The first-order valence-electron chi connectivity index (χ1n) is 10.8. The van der Waals surface area contributed by atoms with Crippen molar-refractivity contribution >= 4 is 46.3 Å². The van der Waals surface area contributed by atoms with Gasteiger partial charge in [-0.3, -0.25) is 19.3 Å². The van der Waals surface area contributed by atoms with Crippen LogP contribution in [0.4, 0.5) is 11.4 Å². The molecule has 1 aliphatic rings. The predicted molar refractivity (Wildman–Crippen MR) is 133 cm³/mol. The Morgan fingerprint density at radius 2 is 1.59 bits per heavy atom. The summed E-state index contributed by atoms with van der Waals surface area (Å²) in [6, 6.07) is 19.8. The van der Waals surface area contributed by atoms with Crippen LogP contribution in [0.25, 0.3) is 5.76 Å². The minimum atomic E-state index is -0.826. The second-order valence-electron chi connectivity index (χ2n) is 8.00. The highest BCUT2D eigenvalue weighted by Gasteiger charge is 2.46. The van der Waals surface area contributed by atoms with Crippen molar-refractivity contribution in [2.45, 2.75) is 26.3 Å². The lowest BCUT2D eigenvalue weighted by Crippen LogP contribution is -2.29. The molecule has 3 aromatic rings. The molecule has 4 rings (SSSR count). The van der Waals surface area contributed by atoms with Crippen LogP contribution in [0, 0.1) is 0 Å². The fraction of sp³-hybridized carbons (Fsp3) is 0.148. The summed E-state index contributed by atoms with van der Waals surface area (Å²) in [6.45, 7) is 3.45. The molecule has 1 aliphatic heterocycles. The van der Waals surface area contributed by atoms with Gasteiger partial charge in [0.15, 0.2) is 0 Å². The molecule has 7 heteroatoms. The number of aliphatic hydroxyl groups is 1. The number of hydrogen-bond acceptors (Lipinski definition) is 4. The topological polar surface area (TPSA) is 86.7 Å². The molecule has 1 heterocycles. The SMILES string of the molecule is CCc1ccc(C2/C(=C(\O)c3ccc(Cl)cc3)C(=O)C(=O)N2c2ccc(NC(C)=O)cc2)cc1. The maximum absolute atomic E-state index is 13.2. The number of ketones is 1. The van der Waals surface area contributed by atoms with E-state index in [-0.39, 0.29) is 17.2 Å². The van der Waals surface area contributed by atoms with E-state index in [1.807, 2.05) is 31.2 Å². The molecule has 0 spiro atoms. The van der Waals surface area contributed by atoms with Crippen LogP contribution >= 0.6 is 11.6 Å². The third kappa shape index (κ3) is 4.45. The third-order valence-electron chi connectivity index (χ3n) is 5.73. The third-order valence-corrected chi connectivity index (χ3v) is 5.98. The Morgan fingerprint density at radius 1 is 0.971 bits per heavy atom. The monoisotopic (exact) mass is 474 g/mol. The van der Waals surface area contributed by atoms with E-state index in [0.717, 1.165) is 12.0 Å². The summed E-state index contributed by atoms with van der Waals surface area (Å²) < 4.78 is 0. The maximum Gasteiger partial charge on any atom is 0.300 e. The smallest absolute Gasteiger partial charge is 0.300 e. The van der Waals surface area contributed by atoms with Gasteiger partial charge in [-0.15, -0.1) is 0 Å². The second-order valence-corrected chi connectivity index (χ2v) is 8.44. The molecule has 0 aliphatic carbocycles. The zero-order valence-electron chi connectivity index (χ0n) is 18.7. The van der Waals surface area contributed by atoms with Gasteiger partial charge in [-0.05, 0) is 66.1 Å². The summed E-state index contributed by atoms with van der Waals surface area (Å²) in [5, 5.41) is 14.3. The van der Waals surface area contributed by atoms with Crippen LogP contribution in [0.15, 0.2) is 78.4 Å². The maximum atomic E-state index is 13.2. The number of anilines is 2. The van der Waals surface area contributed by atoms with Gasteiger partial charge in [-0.2, -0.15) is 0 Å². The first-order valence-corrected chi connectivity index (χ1v) is 11.2. The van der Waals surface area contributed by atoms with Crippen LogP contribution < -0.4 is 10.2 Å². The molecule has 0 aromatic heterocycles. The van der Waals surface area contributed by atoms with Crippen molar-refractivity contribution in [1.82, 2.24) is 0 Å². The number of Topliss-reactive ketones (excluding diaryl/α,β-unsaturated/α-hetero) is 1. The van der Waals surface area contributed by atoms with E-state index in [1.54, 1.807) is 48.5 Å². The number of amides is 2. The average Bonchev–Trinajstić information content (AvgIpc) is 3.10. The minimum Gasteiger partial charge on any atom is -0.507 e. The van der Waals surface area contributed by atoms with E-state index in [4.69, 9.17) is 11.6 Å². The van der Waals surface area contributed by atoms with Crippen molar-refractivity contribution < 1.29 is 19.5 Å². The largest absolute Gasteiger partial charge is 0.507 e. The molecule has 1 saturated heterocycles. The van der Waals surface area contributed by atoms with Crippen molar-refractivity contribution in [3.05, 3.63) is 100 Å². The minimum absolute atomic E-state index is 0.00232. The van der Waals surface area contributed by atoms with E-state index < -0.39 is 17.7 Å². The van der Waals surface area contributed by atoms with Gasteiger partial charge in [0.25, 0.3) is 11.7 Å². The number of nitrogens with zero attached hydrogens (tertiary/aromatic N) is 1. The fourth-order valence-corrected chi connectivity index (χ4v) is 4.15. The Morgan fingerprint density at radius 3 is 2.15 bits per heavy atom. The van der Waals surface area contributed by atoms with Crippen LogP contribution in [0.3, 0.4) is 0 Å². The first-order chi connectivity index (χ1) is 16.3. The van der Waals surface area contributed by atoms with E-state index in [9.17, 15) is 19.5 Å². The molecule has 3 aromatic carbocycles. The van der Waals surface area contributed by atoms with Crippen LogP contribution in [-0.2, 0) is 20.8 Å². The second kappa shape index (κ2) is 9.53. The number of aliphatic hydroxyl groups excluding tert-OH is 1. The standard InChI is InChI=1S/C27H23ClN2O4/c1-3-17-4-6-18(7-5-17)24-23(25(32)19-8-10-20(28)11-9-19)26(33)27(34)30(24)22-14-12-21(13-15-22)29-16(2)31/h4-15,24,32H,3H2,1-2H3,(H,29,31)/b25-23+. The van der Waals surface area contributed by atoms with E-state index in [2.05, 4.69) is 5.32 Å². The molecular formula is C27H23ClN2O4. The summed E-state index contributed by atoms with van der Waals surface area (Å²) in [6.07, 6.45) is 0.843. The number of hydrogen-bond donors (Lipinski definition) is 2. The van der Waals surface area contributed by atoms with E-state index >= 15 is 0 Å². The quantitative estimate of drug-likeness (QED) is 0.291. The summed E-state index contributed by atoms with van der Waals surface area (Å²) >= 11 is 5.98. The summed E-state index contributed by atoms with van der Waals surface area (Å²) in [7, 11) is 0. The van der Waals surface area contributed by atoms with E-state index in [0.29, 0.717) is 27.5 Å². The molecule has 2 N–H and O–H groups in total.